The molecule has 5 nitrogen and oxygen atoms in total. The van der Waals surface area contributed by atoms with Gasteiger partial charge in [0.2, 0.25) is 5.95 Å². The van der Waals surface area contributed by atoms with Gasteiger partial charge in [-0.15, -0.1) is 12.4 Å². The molecule has 170 valence electrons. The topological polar surface area (TPSA) is 59.1 Å². The Balaban J connectivity index is 0.00000259. The van der Waals surface area contributed by atoms with Crippen molar-refractivity contribution in [3.05, 3.63) is 78.4 Å². The molecule has 1 aromatic heterocycles. The van der Waals surface area contributed by atoms with Crippen molar-refractivity contribution in [2.45, 2.75) is 38.0 Å². The highest BCUT2D eigenvalue weighted by Gasteiger charge is 2.15. The lowest BCUT2D eigenvalue weighted by Gasteiger charge is -2.22. The number of rotatable bonds is 6. The monoisotopic (exact) mass is 460 g/mol. The molecule has 1 heterocycles. The average Bonchev–Trinajstić information content (AvgIpc) is 2.85. The van der Waals surface area contributed by atoms with E-state index in [2.05, 4.69) is 34.9 Å². The maximum Gasteiger partial charge on any atom is 0.229 e. The first kappa shape index (κ1) is 22.9. The number of methoxy groups -OCH3 is 1. The summed E-state index contributed by atoms with van der Waals surface area (Å²) in [4.78, 5) is 9.51. The molecule has 0 atom stereocenters. The summed E-state index contributed by atoms with van der Waals surface area (Å²) in [5, 5.41) is 7.79. The van der Waals surface area contributed by atoms with Crippen LogP contribution in [-0.4, -0.2) is 17.1 Å². The number of ether oxygens (including phenoxy) is 1. The van der Waals surface area contributed by atoms with Crippen molar-refractivity contribution in [1.82, 2.24) is 9.97 Å². The zero-order valence-corrected chi connectivity index (χ0v) is 19.6. The van der Waals surface area contributed by atoms with Crippen LogP contribution in [0.15, 0.2) is 72.8 Å². The fraction of sp³-hybridized carbons (Fsp3) is 0.259. The minimum absolute atomic E-state index is 0. The predicted octanol–water partition coefficient (Wildman–Crippen LogP) is 7.60. The molecule has 0 radical (unpaired) electrons. The van der Waals surface area contributed by atoms with Gasteiger partial charge in [-0.05, 0) is 72.9 Å². The molecule has 3 aromatic carbocycles. The standard InChI is InChI=1S/C27H28N4O.ClH/c1-32-23-17-15-21(16-18-23)28-26-24-9-5-6-10-25(24)30-27(31-26)29-22-13-11-20(12-14-22)19-7-3-2-4-8-19;/h5-6,9-19H,2-4,7-8H2,1H3,(H2,28,29,30,31);1H. The molecule has 1 aliphatic carbocycles. The summed E-state index contributed by atoms with van der Waals surface area (Å²) in [7, 11) is 1.67. The lowest BCUT2D eigenvalue weighted by molar-refractivity contribution is 0.415. The molecule has 0 saturated heterocycles. The lowest BCUT2D eigenvalue weighted by Crippen LogP contribution is -2.05. The summed E-state index contributed by atoms with van der Waals surface area (Å²) in [6.45, 7) is 0. The summed E-state index contributed by atoms with van der Waals surface area (Å²) in [6.07, 6.45) is 6.68. The van der Waals surface area contributed by atoms with Crippen molar-refractivity contribution in [2.75, 3.05) is 17.7 Å². The Kier molecular flexibility index (Phi) is 7.30. The zero-order valence-electron chi connectivity index (χ0n) is 18.8. The Morgan fingerprint density at radius 2 is 1.42 bits per heavy atom. The van der Waals surface area contributed by atoms with Crippen LogP contribution in [-0.2, 0) is 0 Å². The third kappa shape index (κ3) is 5.37. The molecule has 0 unspecified atom stereocenters. The van der Waals surface area contributed by atoms with Crippen LogP contribution in [0.4, 0.5) is 23.1 Å². The molecular formula is C27H29ClN4O. The van der Waals surface area contributed by atoms with Gasteiger partial charge < -0.3 is 15.4 Å². The second-order valence-corrected chi connectivity index (χ2v) is 8.35. The minimum atomic E-state index is 0. The van der Waals surface area contributed by atoms with E-state index in [0.29, 0.717) is 11.9 Å². The summed E-state index contributed by atoms with van der Waals surface area (Å²) in [5.74, 6) is 2.87. The molecule has 6 heteroatoms. The second kappa shape index (κ2) is 10.5. The Hall–Kier alpha value is -3.31. The first-order valence-corrected chi connectivity index (χ1v) is 11.3. The van der Waals surface area contributed by atoms with Gasteiger partial charge in [0, 0.05) is 16.8 Å². The van der Waals surface area contributed by atoms with Crippen LogP contribution in [0, 0.1) is 0 Å². The van der Waals surface area contributed by atoms with Gasteiger partial charge in [-0.25, -0.2) is 4.98 Å². The third-order valence-electron chi connectivity index (χ3n) is 6.20. The van der Waals surface area contributed by atoms with Crippen LogP contribution in [0.5, 0.6) is 5.75 Å². The highest BCUT2D eigenvalue weighted by Crippen LogP contribution is 2.33. The van der Waals surface area contributed by atoms with Crippen molar-refractivity contribution in [3.63, 3.8) is 0 Å². The quantitative estimate of drug-likeness (QED) is 0.310. The summed E-state index contributed by atoms with van der Waals surface area (Å²) < 4.78 is 5.26. The zero-order chi connectivity index (χ0) is 21.8. The van der Waals surface area contributed by atoms with Crippen molar-refractivity contribution in [2.24, 2.45) is 0 Å². The molecule has 2 N–H and O–H groups in total. The normalized spacial score (nSPS) is 13.8. The van der Waals surface area contributed by atoms with E-state index in [1.54, 1.807) is 7.11 Å². The van der Waals surface area contributed by atoms with Crippen molar-refractivity contribution in [3.8, 4) is 5.75 Å². The molecule has 1 aliphatic rings. The molecule has 1 fully saturated rings. The molecule has 4 aromatic rings. The molecular weight excluding hydrogens is 432 g/mol. The lowest BCUT2D eigenvalue weighted by atomic mass is 9.84. The van der Waals surface area contributed by atoms with Gasteiger partial charge in [0.15, 0.2) is 0 Å². The van der Waals surface area contributed by atoms with Gasteiger partial charge in [0.05, 0.1) is 12.6 Å². The minimum Gasteiger partial charge on any atom is -0.497 e. The van der Waals surface area contributed by atoms with Crippen molar-refractivity contribution >= 4 is 46.5 Å². The Labute approximate surface area is 201 Å². The smallest absolute Gasteiger partial charge is 0.229 e. The molecule has 0 aliphatic heterocycles. The number of halogens is 1. The van der Waals surface area contributed by atoms with Crippen LogP contribution in [0.3, 0.4) is 0 Å². The van der Waals surface area contributed by atoms with Crippen molar-refractivity contribution < 1.29 is 4.74 Å². The van der Waals surface area contributed by atoms with Crippen LogP contribution >= 0.6 is 12.4 Å². The highest BCUT2D eigenvalue weighted by molar-refractivity contribution is 5.92. The SMILES string of the molecule is COc1ccc(Nc2nc(Nc3ccc(C4CCCCC4)cc3)nc3ccccc23)cc1.Cl. The maximum absolute atomic E-state index is 5.26. The number of hydrogen-bond acceptors (Lipinski definition) is 5. The number of nitrogens with one attached hydrogen (secondary N) is 2. The summed E-state index contributed by atoms with van der Waals surface area (Å²) in [5.41, 5.74) is 4.27. The number of aromatic nitrogens is 2. The Bertz CT molecular complexity index is 1190. The first-order valence-electron chi connectivity index (χ1n) is 11.3. The number of para-hydroxylation sites is 1. The molecule has 0 amide bonds. The van der Waals surface area contributed by atoms with Gasteiger partial charge in [0.1, 0.15) is 11.6 Å². The van der Waals surface area contributed by atoms with Gasteiger partial charge in [-0.2, -0.15) is 4.98 Å². The van der Waals surface area contributed by atoms with Crippen LogP contribution < -0.4 is 15.4 Å². The van der Waals surface area contributed by atoms with E-state index in [-0.39, 0.29) is 12.4 Å². The first-order chi connectivity index (χ1) is 15.8. The number of benzene rings is 3. The van der Waals surface area contributed by atoms with Gasteiger partial charge >= 0.3 is 0 Å². The molecule has 33 heavy (non-hydrogen) atoms. The number of fused-ring (bicyclic) bond motifs is 1. The van der Waals surface area contributed by atoms with E-state index >= 15 is 0 Å². The van der Waals surface area contributed by atoms with Crippen LogP contribution in [0.25, 0.3) is 10.9 Å². The van der Waals surface area contributed by atoms with Crippen molar-refractivity contribution in [1.29, 1.82) is 0 Å². The van der Waals surface area contributed by atoms with Gasteiger partial charge in [-0.3, -0.25) is 0 Å². The molecule has 0 spiro atoms. The fourth-order valence-corrected chi connectivity index (χ4v) is 4.44. The van der Waals surface area contributed by atoms with Crippen LogP contribution in [0.2, 0.25) is 0 Å². The summed E-state index contributed by atoms with van der Waals surface area (Å²) >= 11 is 0. The van der Waals surface area contributed by atoms with Gasteiger partial charge in [-0.1, -0.05) is 43.5 Å². The average molecular weight is 461 g/mol. The highest BCUT2D eigenvalue weighted by atomic mass is 35.5. The second-order valence-electron chi connectivity index (χ2n) is 8.35. The summed E-state index contributed by atoms with van der Waals surface area (Å²) in [6, 6.07) is 24.6. The number of anilines is 4. The van der Waals surface area contributed by atoms with E-state index in [9.17, 15) is 0 Å². The predicted molar refractivity (Wildman–Crippen MR) is 139 cm³/mol. The third-order valence-corrected chi connectivity index (χ3v) is 6.20. The number of nitrogens with zero attached hydrogens (tertiary/aromatic N) is 2. The Morgan fingerprint density at radius 1 is 0.758 bits per heavy atom. The largest absolute Gasteiger partial charge is 0.497 e. The van der Waals surface area contributed by atoms with Gasteiger partial charge in [0.25, 0.3) is 0 Å². The Morgan fingerprint density at radius 3 is 2.15 bits per heavy atom. The van der Waals surface area contributed by atoms with E-state index in [1.807, 2.05) is 48.5 Å². The molecule has 5 rings (SSSR count). The van der Waals surface area contributed by atoms with E-state index < -0.39 is 0 Å². The molecule has 0 bridgehead atoms. The maximum atomic E-state index is 5.26. The number of hydrogen-bond donors (Lipinski definition) is 2. The van der Waals surface area contributed by atoms with E-state index in [0.717, 1.165) is 33.8 Å². The van der Waals surface area contributed by atoms with E-state index in [4.69, 9.17) is 14.7 Å². The molecule has 1 saturated carbocycles. The van der Waals surface area contributed by atoms with E-state index in [1.165, 1.54) is 37.7 Å². The van der Waals surface area contributed by atoms with Crippen LogP contribution in [0.1, 0.15) is 43.6 Å². The fourth-order valence-electron chi connectivity index (χ4n) is 4.44.